The maximum atomic E-state index is 11.0. The highest BCUT2D eigenvalue weighted by atomic mass is 16.5. The maximum Gasteiger partial charge on any atom is 0.339 e. The molecule has 1 heterocycles. The number of nitrogens with one attached hydrogen (secondary N) is 1. The van der Waals surface area contributed by atoms with Gasteiger partial charge >= 0.3 is 5.97 Å². The molecule has 0 atom stereocenters. The molecule has 0 spiro atoms. The molecular weight excluding hydrogens is 272 g/mol. The highest BCUT2D eigenvalue weighted by Crippen LogP contribution is 2.17. The summed E-state index contributed by atoms with van der Waals surface area (Å²) >= 11 is 0. The summed E-state index contributed by atoms with van der Waals surface area (Å²) in [5.74, 6) is 0.873. The van der Waals surface area contributed by atoms with Gasteiger partial charge in [-0.3, -0.25) is 0 Å². The standard InChI is InChI=1S/C15H18N2O4/c1-2-11-9-17-14(21-11)10-16-7-8-20-13-6-4-3-5-12(13)15(18)19/h3-6,9,16H,2,7-8,10H2,1H3,(H,18,19). The maximum absolute atomic E-state index is 11.0. The minimum Gasteiger partial charge on any atom is -0.491 e. The largest absolute Gasteiger partial charge is 0.491 e. The fourth-order valence-electron chi connectivity index (χ4n) is 1.79. The summed E-state index contributed by atoms with van der Waals surface area (Å²) in [7, 11) is 0. The van der Waals surface area contributed by atoms with Crippen molar-refractivity contribution in [1.29, 1.82) is 0 Å². The molecule has 2 aromatic rings. The van der Waals surface area contributed by atoms with E-state index in [1.807, 2.05) is 6.92 Å². The van der Waals surface area contributed by atoms with Crippen LogP contribution in [0.4, 0.5) is 0 Å². The van der Waals surface area contributed by atoms with Crippen LogP contribution in [0.2, 0.25) is 0 Å². The van der Waals surface area contributed by atoms with Crippen LogP contribution >= 0.6 is 0 Å². The molecule has 0 aliphatic rings. The first-order valence-corrected chi connectivity index (χ1v) is 6.80. The van der Waals surface area contributed by atoms with Crippen molar-refractivity contribution >= 4 is 5.97 Å². The molecular formula is C15H18N2O4. The number of aryl methyl sites for hydroxylation is 1. The minimum atomic E-state index is -0.995. The van der Waals surface area contributed by atoms with E-state index in [4.69, 9.17) is 14.3 Å². The monoisotopic (exact) mass is 290 g/mol. The van der Waals surface area contributed by atoms with Gasteiger partial charge in [-0.1, -0.05) is 19.1 Å². The van der Waals surface area contributed by atoms with Crippen molar-refractivity contribution in [2.45, 2.75) is 19.9 Å². The van der Waals surface area contributed by atoms with Gasteiger partial charge in [-0.25, -0.2) is 9.78 Å². The molecule has 0 saturated heterocycles. The Hall–Kier alpha value is -2.34. The number of hydrogen-bond acceptors (Lipinski definition) is 5. The summed E-state index contributed by atoms with van der Waals surface area (Å²) in [5, 5.41) is 12.2. The summed E-state index contributed by atoms with van der Waals surface area (Å²) in [6.07, 6.45) is 2.54. The average molecular weight is 290 g/mol. The average Bonchev–Trinajstić information content (AvgIpc) is 2.95. The molecule has 0 unspecified atom stereocenters. The van der Waals surface area contributed by atoms with Gasteiger partial charge in [-0.2, -0.15) is 0 Å². The van der Waals surface area contributed by atoms with Crippen molar-refractivity contribution < 1.29 is 19.1 Å². The number of carboxylic acids is 1. The molecule has 0 radical (unpaired) electrons. The smallest absolute Gasteiger partial charge is 0.339 e. The number of nitrogens with zero attached hydrogens (tertiary/aromatic N) is 1. The quantitative estimate of drug-likeness (QED) is 0.724. The van der Waals surface area contributed by atoms with Crippen molar-refractivity contribution in [1.82, 2.24) is 10.3 Å². The van der Waals surface area contributed by atoms with Gasteiger partial charge in [0.15, 0.2) is 0 Å². The zero-order valence-corrected chi connectivity index (χ0v) is 11.8. The number of ether oxygens (including phenoxy) is 1. The third-order valence-corrected chi connectivity index (χ3v) is 2.88. The zero-order chi connectivity index (χ0) is 15.1. The van der Waals surface area contributed by atoms with E-state index >= 15 is 0 Å². The molecule has 21 heavy (non-hydrogen) atoms. The Morgan fingerprint density at radius 3 is 2.95 bits per heavy atom. The second kappa shape index (κ2) is 7.44. The van der Waals surface area contributed by atoms with E-state index in [9.17, 15) is 4.79 Å². The number of benzene rings is 1. The lowest BCUT2D eigenvalue weighted by molar-refractivity contribution is 0.0692. The third kappa shape index (κ3) is 4.32. The Labute approximate surface area is 122 Å². The predicted octanol–water partition coefficient (Wildman–Crippen LogP) is 2.10. The molecule has 0 aliphatic heterocycles. The molecule has 0 fully saturated rings. The van der Waals surface area contributed by atoms with E-state index in [1.165, 1.54) is 6.07 Å². The molecule has 0 aliphatic carbocycles. The number of carboxylic acid groups (broad SMARTS) is 1. The molecule has 1 aromatic heterocycles. The highest BCUT2D eigenvalue weighted by molar-refractivity contribution is 5.90. The van der Waals surface area contributed by atoms with Crippen LogP contribution < -0.4 is 10.1 Å². The van der Waals surface area contributed by atoms with E-state index in [1.54, 1.807) is 24.4 Å². The first-order valence-electron chi connectivity index (χ1n) is 6.80. The third-order valence-electron chi connectivity index (χ3n) is 2.88. The van der Waals surface area contributed by atoms with E-state index < -0.39 is 5.97 Å². The molecule has 6 nitrogen and oxygen atoms in total. The summed E-state index contributed by atoms with van der Waals surface area (Å²) in [6.45, 7) is 3.46. The number of rotatable bonds is 8. The van der Waals surface area contributed by atoms with Gasteiger partial charge < -0.3 is 19.6 Å². The summed E-state index contributed by atoms with van der Waals surface area (Å²) in [5.41, 5.74) is 0.165. The molecule has 0 bridgehead atoms. The van der Waals surface area contributed by atoms with Crippen LogP contribution in [0.3, 0.4) is 0 Å². The fraction of sp³-hybridized carbons (Fsp3) is 0.333. The van der Waals surface area contributed by atoms with Crippen LogP contribution in [0, 0.1) is 0 Å². The van der Waals surface area contributed by atoms with Gasteiger partial charge in [0, 0.05) is 13.0 Å². The molecule has 2 rings (SSSR count). The van der Waals surface area contributed by atoms with Crippen molar-refractivity contribution in [3.05, 3.63) is 47.7 Å². The van der Waals surface area contributed by atoms with Crippen molar-refractivity contribution in [3.63, 3.8) is 0 Å². The van der Waals surface area contributed by atoms with Crippen molar-refractivity contribution in [3.8, 4) is 5.75 Å². The van der Waals surface area contributed by atoms with E-state index in [-0.39, 0.29) is 5.56 Å². The van der Waals surface area contributed by atoms with E-state index in [0.29, 0.717) is 31.3 Å². The summed E-state index contributed by atoms with van der Waals surface area (Å²) in [4.78, 5) is 15.1. The zero-order valence-electron chi connectivity index (χ0n) is 11.8. The van der Waals surface area contributed by atoms with Crippen LogP contribution in [0.5, 0.6) is 5.75 Å². The lowest BCUT2D eigenvalue weighted by atomic mass is 10.2. The molecule has 6 heteroatoms. The number of para-hydroxylation sites is 1. The van der Waals surface area contributed by atoms with Crippen LogP contribution in [-0.2, 0) is 13.0 Å². The van der Waals surface area contributed by atoms with Crippen LogP contribution in [0.15, 0.2) is 34.9 Å². The molecule has 0 amide bonds. The minimum absolute atomic E-state index is 0.165. The highest BCUT2D eigenvalue weighted by Gasteiger charge is 2.09. The SMILES string of the molecule is CCc1cnc(CNCCOc2ccccc2C(=O)O)o1. The molecule has 0 saturated carbocycles. The number of carbonyl (C=O) groups is 1. The van der Waals surface area contributed by atoms with E-state index in [0.717, 1.165) is 12.2 Å². The lowest BCUT2D eigenvalue weighted by Gasteiger charge is -2.09. The number of aromatic carboxylic acids is 1. The predicted molar refractivity (Wildman–Crippen MR) is 76.5 cm³/mol. The first kappa shape index (κ1) is 15.1. The Balaban J connectivity index is 1.74. The number of hydrogen-bond donors (Lipinski definition) is 2. The normalized spacial score (nSPS) is 10.5. The van der Waals surface area contributed by atoms with Gasteiger partial charge in [0.1, 0.15) is 23.7 Å². The first-order chi connectivity index (χ1) is 10.2. The van der Waals surface area contributed by atoms with Gasteiger partial charge in [0.2, 0.25) is 5.89 Å². The fourth-order valence-corrected chi connectivity index (χ4v) is 1.79. The Morgan fingerprint density at radius 2 is 2.24 bits per heavy atom. The molecule has 1 aromatic carbocycles. The van der Waals surface area contributed by atoms with Gasteiger partial charge in [0.25, 0.3) is 0 Å². The second-order valence-electron chi connectivity index (χ2n) is 4.40. The topological polar surface area (TPSA) is 84.6 Å². The lowest BCUT2D eigenvalue weighted by Crippen LogP contribution is -2.21. The summed E-state index contributed by atoms with van der Waals surface area (Å²) in [6, 6.07) is 6.58. The van der Waals surface area contributed by atoms with Gasteiger partial charge in [0.05, 0.1) is 12.7 Å². The van der Waals surface area contributed by atoms with E-state index in [2.05, 4.69) is 10.3 Å². The van der Waals surface area contributed by atoms with Crippen LogP contribution in [0.1, 0.15) is 28.9 Å². The van der Waals surface area contributed by atoms with Crippen LogP contribution in [0.25, 0.3) is 0 Å². The van der Waals surface area contributed by atoms with Gasteiger partial charge in [-0.05, 0) is 12.1 Å². The van der Waals surface area contributed by atoms with Crippen molar-refractivity contribution in [2.75, 3.05) is 13.2 Å². The Bertz CT molecular complexity index is 595. The number of oxazole rings is 1. The molecule has 112 valence electrons. The van der Waals surface area contributed by atoms with Crippen LogP contribution in [-0.4, -0.2) is 29.2 Å². The summed E-state index contributed by atoms with van der Waals surface area (Å²) < 4.78 is 10.9. The number of aromatic nitrogens is 1. The Kier molecular flexibility index (Phi) is 5.34. The van der Waals surface area contributed by atoms with Gasteiger partial charge in [-0.15, -0.1) is 0 Å². The van der Waals surface area contributed by atoms with Crippen molar-refractivity contribution in [2.24, 2.45) is 0 Å². The molecule has 2 N–H and O–H groups in total. The Morgan fingerprint density at radius 1 is 1.43 bits per heavy atom. The second-order valence-corrected chi connectivity index (χ2v) is 4.40.